The summed E-state index contributed by atoms with van der Waals surface area (Å²) in [5, 5.41) is 0. The van der Waals surface area contributed by atoms with Crippen LogP contribution in [0.5, 0.6) is 0 Å². The zero-order chi connectivity index (χ0) is 14.5. The van der Waals surface area contributed by atoms with Crippen LogP contribution in [0, 0.1) is 0 Å². The van der Waals surface area contributed by atoms with Crippen molar-refractivity contribution in [3.63, 3.8) is 0 Å². The van der Waals surface area contributed by atoms with Gasteiger partial charge in [0.2, 0.25) is 0 Å². The van der Waals surface area contributed by atoms with E-state index in [4.69, 9.17) is 0 Å². The summed E-state index contributed by atoms with van der Waals surface area (Å²) in [4.78, 5) is 14.5. The number of sulfone groups is 1. The van der Waals surface area contributed by atoms with Gasteiger partial charge in [-0.1, -0.05) is 26.2 Å². The predicted molar refractivity (Wildman–Crippen MR) is 78.1 cm³/mol. The van der Waals surface area contributed by atoms with E-state index in [0.29, 0.717) is 12.8 Å². The van der Waals surface area contributed by atoms with Gasteiger partial charge in [0.25, 0.3) is 0 Å². The molecule has 1 fully saturated rings. The molecule has 0 N–H and O–H groups in total. The first-order valence-corrected chi connectivity index (χ1v) is 9.07. The minimum atomic E-state index is -2.95. The molecule has 0 aromatic heterocycles. The third kappa shape index (κ3) is 4.28. The van der Waals surface area contributed by atoms with Gasteiger partial charge in [-0.15, -0.1) is 0 Å². The number of likely N-dealkylation sites (N-methyl/N-ethyl adjacent to an activating group) is 1. The maximum absolute atomic E-state index is 12.5. The van der Waals surface area contributed by atoms with Crippen molar-refractivity contribution in [2.45, 2.75) is 57.4 Å². The summed E-state index contributed by atoms with van der Waals surface area (Å²) in [6.07, 6.45) is 6.07. The topological polar surface area (TPSA) is 54.5 Å². The summed E-state index contributed by atoms with van der Waals surface area (Å²) in [6, 6.07) is 0. The molecule has 0 bridgehead atoms. The van der Waals surface area contributed by atoms with E-state index in [2.05, 4.69) is 0 Å². The van der Waals surface area contributed by atoms with Crippen LogP contribution in [0.15, 0.2) is 0 Å². The lowest BCUT2D eigenvalue weighted by molar-refractivity contribution is -0.131. The van der Waals surface area contributed by atoms with Gasteiger partial charge < -0.3 is 0 Å². The highest BCUT2D eigenvalue weighted by molar-refractivity contribution is 7.91. The van der Waals surface area contributed by atoms with Crippen molar-refractivity contribution in [2.75, 3.05) is 25.6 Å². The smallest absolute Gasteiger partial charge is 0.153 e. The summed E-state index contributed by atoms with van der Waals surface area (Å²) >= 11 is 0. The first-order chi connectivity index (χ1) is 8.84. The lowest BCUT2D eigenvalue weighted by Crippen LogP contribution is -2.52. The molecule has 0 aromatic carbocycles. The van der Waals surface area contributed by atoms with E-state index in [9.17, 15) is 13.2 Å². The summed E-state index contributed by atoms with van der Waals surface area (Å²) in [7, 11) is 0.977. The largest absolute Gasteiger partial charge is 0.298 e. The highest BCUT2D eigenvalue weighted by Crippen LogP contribution is 2.34. The molecule has 0 saturated heterocycles. The third-order valence-electron chi connectivity index (χ3n) is 4.35. The Morgan fingerprint density at radius 1 is 1.16 bits per heavy atom. The average molecular weight is 289 g/mol. The molecular formula is C14H27NO3S. The number of nitrogens with zero attached hydrogens (tertiary/aromatic N) is 1. The Labute approximate surface area is 117 Å². The van der Waals surface area contributed by atoms with Crippen molar-refractivity contribution in [2.24, 2.45) is 0 Å². The Balaban J connectivity index is 2.59. The van der Waals surface area contributed by atoms with Gasteiger partial charge in [0.05, 0.1) is 11.3 Å². The molecule has 0 amide bonds. The molecule has 1 aliphatic rings. The van der Waals surface area contributed by atoms with Gasteiger partial charge in [0.1, 0.15) is 9.84 Å². The molecule has 1 aliphatic carbocycles. The normalized spacial score (nSPS) is 19.6. The van der Waals surface area contributed by atoms with Crippen LogP contribution in [0.3, 0.4) is 0 Å². The minimum Gasteiger partial charge on any atom is -0.298 e. The van der Waals surface area contributed by atoms with Gasteiger partial charge >= 0.3 is 0 Å². The van der Waals surface area contributed by atoms with Gasteiger partial charge in [-0.05, 0) is 33.4 Å². The zero-order valence-electron chi connectivity index (χ0n) is 12.4. The van der Waals surface area contributed by atoms with Crippen molar-refractivity contribution < 1.29 is 13.2 Å². The molecule has 0 radical (unpaired) electrons. The van der Waals surface area contributed by atoms with E-state index in [1.807, 2.05) is 19.0 Å². The molecule has 0 spiro atoms. The van der Waals surface area contributed by atoms with Crippen LogP contribution >= 0.6 is 0 Å². The SMILES string of the molecule is CCS(=O)(=O)CCCC(=O)C1(N(C)C)CCCCC1. The van der Waals surface area contributed by atoms with E-state index >= 15 is 0 Å². The monoisotopic (exact) mass is 289 g/mol. The van der Waals surface area contributed by atoms with Crippen molar-refractivity contribution in [3.8, 4) is 0 Å². The first kappa shape index (κ1) is 16.6. The summed E-state index contributed by atoms with van der Waals surface area (Å²) in [5.74, 6) is 0.530. The Kier molecular flexibility index (Phi) is 5.99. The Morgan fingerprint density at radius 3 is 2.21 bits per heavy atom. The Hall–Kier alpha value is -0.420. The lowest BCUT2D eigenvalue weighted by atomic mass is 9.76. The average Bonchev–Trinajstić information content (AvgIpc) is 2.39. The maximum Gasteiger partial charge on any atom is 0.153 e. The Bertz CT molecular complexity index is 395. The minimum absolute atomic E-state index is 0.138. The number of carbonyl (C=O) groups excluding carboxylic acids is 1. The highest BCUT2D eigenvalue weighted by atomic mass is 32.2. The summed E-state index contributed by atoms with van der Waals surface area (Å²) < 4.78 is 22.9. The van der Waals surface area contributed by atoms with Crippen LogP contribution in [0.25, 0.3) is 0 Å². The van der Waals surface area contributed by atoms with Crippen molar-refractivity contribution in [1.82, 2.24) is 4.90 Å². The summed E-state index contributed by atoms with van der Waals surface area (Å²) in [6.45, 7) is 1.65. The zero-order valence-corrected chi connectivity index (χ0v) is 13.3. The number of hydrogen-bond acceptors (Lipinski definition) is 4. The van der Waals surface area contributed by atoms with Crippen LogP contribution in [-0.4, -0.2) is 50.2 Å². The molecule has 112 valence electrons. The van der Waals surface area contributed by atoms with Crippen LogP contribution in [0.4, 0.5) is 0 Å². The van der Waals surface area contributed by atoms with Gasteiger partial charge in [0, 0.05) is 12.2 Å². The highest BCUT2D eigenvalue weighted by Gasteiger charge is 2.40. The second-order valence-corrected chi connectivity index (χ2v) is 8.22. The number of rotatable bonds is 7. The molecule has 1 rings (SSSR count). The maximum atomic E-state index is 12.5. The van der Waals surface area contributed by atoms with Crippen molar-refractivity contribution in [3.05, 3.63) is 0 Å². The molecule has 1 saturated carbocycles. The number of ketones is 1. The van der Waals surface area contributed by atoms with E-state index in [1.54, 1.807) is 6.92 Å². The van der Waals surface area contributed by atoms with Crippen LogP contribution < -0.4 is 0 Å². The molecule has 0 unspecified atom stereocenters. The standard InChI is InChI=1S/C14H27NO3S/c1-4-19(17,18)12-8-9-13(16)14(15(2)3)10-6-5-7-11-14/h4-12H2,1-3H3. The fourth-order valence-corrected chi connectivity index (χ4v) is 3.81. The fourth-order valence-electron chi connectivity index (χ4n) is 2.94. The number of Topliss-reactive ketones (excluding diaryl/α,β-unsaturated/α-hetero) is 1. The van der Waals surface area contributed by atoms with E-state index < -0.39 is 9.84 Å². The predicted octanol–water partition coefficient (Wildman–Crippen LogP) is 2.03. The quantitative estimate of drug-likeness (QED) is 0.719. The van der Waals surface area contributed by atoms with E-state index in [0.717, 1.165) is 25.7 Å². The lowest BCUT2D eigenvalue weighted by Gasteiger charge is -2.41. The van der Waals surface area contributed by atoms with Gasteiger partial charge in [0.15, 0.2) is 5.78 Å². The fraction of sp³-hybridized carbons (Fsp3) is 0.929. The number of carbonyl (C=O) groups is 1. The summed E-state index contributed by atoms with van der Waals surface area (Å²) in [5.41, 5.74) is -0.339. The molecule has 19 heavy (non-hydrogen) atoms. The van der Waals surface area contributed by atoms with Crippen molar-refractivity contribution >= 4 is 15.6 Å². The Morgan fingerprint density at radius 2 is 1.74 bits per heavy atom. The first-order valence-electron chi connectivity index (χ1n) is 7.25. The second-order valence-electron chi connectivity index (χ2n) is 5.75. The molecule has 0 heterocycles. The molecule has 0 aliphatic heterocycles. The van der Waals surface area contributed by atoms with Crippen LogP contribution in [0.1, 0.15) is 51.9 Å². The van der Waals surface area contributed by atoms with E-state index in [1.165, 1.54) is 6.42 Å². The van der Waals surface area contributed by atoms with Gasteiger partial charge in [-0.3, -0.25) is 9.69 Å². The van der Waals surface area contributed by atoms with Crippen molar-refractivity contribution in [1.29, 1.82) is 0 Å². The number of hydrogen-bond donors (Lipinski definition) is 0. The molecule has 0 atom stereocenters. The molecular weight excluding hydrogens is 262 g/mol. The van der Waals surface area contributed by atoms with E-state index in [-0.39, 0.29) is 22.8 Å². The molecule has 5 heteroatoms. The molecule has 0 aromatic rings. The van der Waals surface area contributed by atoms with Crippen LogP contribution in [-0.2, 0) is 14.6 Å². The molecule has 4 nitrogen and oxygen atoms in total. The van der Waals surface area contributed by atoms with Gasteiger partial charge in [-0.25, -0.2) is 8.42 Å². The van der Waals surface area contributed by atoms with Crippen LogP contribution in [0.2, 0.25) is 0 Å². The second kappa shape index (κ2) is 6.84. The van der Waals surface area contributed by atoms with Gasteiger partial charge in [-0.2, -0.15) is 0 Å². The third-order valence-corrected chi connectivity index (χ3v) is 6.15.